The molecule has 2 fully saturated rings. The highest BCUT2D eigenvalue weighted by Gasteiger charge is 2.37. The van der Waals surface area contributed by atoms with Crippen LogP contribution in [0.25, 0.3) is 10.9 Å². The molecule has 6 nitrogen and oxygen atoms in total. The molecule has 108 valence electrons. The molecule has 0 spiro atoms. The lowest BCUT2D eigenvalue weighted by atomic mass is 10.1. The molecular weight excluding hydrogens is 268 g/mol. The lowest BCUT2D eigenvalue weighted by Crippen LogP contribution is -2.53. The van der Waals surface area contributed by atoms with Gasteiger partial charge in [-0.1, -0.05) is 12.1 Å². The van der Waals surface area contributed by atoms with Crippen molar-refractivity contribution < 1.29 is 9.59 Å². The van der Waals surface area contributed by atoms with Crippen LogP contribution in [0.2, 0.25) is 0 Å². The lowest BCUT2D eigenvalue weighted by molar-refractivity contribution is 0.0618. The Morgan fingerprint density at radius 3 is 3.05 bits per heavy atom. The van der Waals surface area contributed by atoms with Gasteiger partial charge in [-0.3, -0.25) is 4.79 Å². The van der Waals surface area contributed by atoms with E-state index in [9.17, 15) is 9.59 Å². The van der Waals surface area contributed by atoms with Crippen molar-refractivity contribution in [3.63, 3.8) is 0 Å². The van der Waals surface area contributed by atoms with Crippen LogP contribution in [0.15, 0.2) is 30.5 Å². The minimum Gasteiger partial charge on any atom is -0.361 e. The first kappa shape index (κ1) is 12.3. The Balaban J connectivity index is 1.61. The predicted molar refractivity (Wildman–Crippen MR) is 78.1 cm³/mol. The van der Waals surface area contributed by atoms with E-state index in [1.807, 2.05) is 40.3 Å². The summed E-state index contributed by atoms with van der Waals surface area (Å²) in [6.07, 6.45) is 1.85. The van der Waals surface area contributed by atoms with Crippen LogP contribution in [0.1, 0.15) is 10.4 Å². The van der Waals surface area contributed by atoms with Crippen molar-refractivity contribution in [3.8, 4) is 0 Å². The zero-order valence-corrected chi connectivity index (χ0v) is 11.5. The Bertz CT molecular complexity index is 723. The van der Waals surface area contributed by atoms with Gasteiger partial charge in [0.25, 0.3) is 5.91 Å². The lowest BCUT2D eigenvalue weighted by Gasteiger charge is -2.36. The second-order valence-electron chi connectivity index (χ2n) is 5.53. The summed E-state index contributed by atoms with van der Waals surface area (Å²) in [5, 5.41) is 3.87. The largest absolute Gasteiger partial charge is 0.361 e. The van der Waals surface area contributed by atoms with E-state index in [1.165, 1.54) is 0 Å². The fourth-order valence-corrected chi connectivity index (χ4v) is 3.22. The number of aromatic nitrogens is 1. The second-order valence-corrected chi connectivity index (χ2v) is 5.53. The number of carbonyl (C=O) groups is 2. The van der Waals surface area contributed by atoms with Gasteiger partial charge in [0.2, 0.25) is 0 Å². The van der Waals surface area contributed by atoms with Crippen molar-refractivity contribution in [2.75, 3.05) is 26.2 Å². The number of H-pyrrole nitrogens is 1. The van der Waals surface area contributed by atoms with Gasteiger partial charge in [-0.25, -0.2) is 4.79 Å². The van der Waals surface area contributed by atoms with Crippen LogP contribution in [0.3, 0.4) is 0 Å². The zero-order valence-electron chi connectivity index (χ0n) is 11.5. The van der Waals surface area contributed by atoms with Crippen molar-refractivity contribution in [1.82, 2.24) is 20.1 Å². The third kappa shape index (κ3) is 1.86. The molecule has 1 aromatic heterocycles. The Morgan fingerprint density at radius 2 is 2.14 bits per heavy atom. The zero-order chi connectivity index (χ0) is 14.4. The number of urea groups is 1. The number of fused-ring (bicyclic) bond motifs is 2. The minimum absolute atomic E-state index is 0.0152. The number of carbonyl (C=O) groups excluding carboxylic acids is 2. The molecule has 0 bridgehead atoms. The number of nitrogens with zero attached hydrogens (tertiary/aromatic N) is 2. The van der Waals surface area contributed by atoms with Gasteiger partial charge < -0.3 is 20.1 Å². The van der Waals surface area contributed by atoms with E-state index >= 15 is 0 Å². The van der Waals surface area contributed by atoms with Gasteiger partial charge in [-0.15, -0.1) is 0 Å². The maximum atomic E-state index is 12.8. The minimum atomic E-state index is -0.0152. The Labute approximate surface area is 121 Å². The molecule has 2 N–H and O–H groups in total. The van der Waals surface area contributed by atoms with Gasteiger partial charge in [0, 0.05) is 37.8 Å². The van der Waals surface area contributed by atoms with Crippen molar-refractivity contribution >= 4 is 22.8 Å². The summed E-state index contributed by atoms with van der Waals surface area (Å²) < 4.78 is 0. The van der Waals surface area contributed by atoms with Gasteiger partial charge in [0.1, 0.15) is 0 Å². The first-order valence-corrected chi connectivity index (χ1v) is 7.14. The van der Waals surface area contributed by atoms with Crippen LogP contribution in [0.4, 0.5) is 4.79 Å². The molecule has 6 heteroatoms. The number of piperazine rings is 1. The number of hydrogen-bond acceptors (Lipinski definition) is 2. The molecule has 3 amide bonds. The molecule has 1 aromatic carbocycles. The molecule has 2 aliphatic heterocycles. The van der Waals surface area contributed by atoms with Crippen LogP contribution < -0.4 is 5.32 Å². The standard InChI is InChI=1S/C15H16N4O2/c20-14(12-3-1-2-10-4-5-16-13(10)12)18-6-7-19-11(9-18)8-17-15(19)21/h1-5,11,16H,6-9H2,(H,17,21). The third-order valence-corrected chi connectivity index (χ3v) is 4.34. The molecule has 0 saturated carbocycles. The topological polar surface area (TPSA) is 68.4 Å². The van der Waals surface area contributed by atoms with Gasteiger partial charge in [-0.2, -0.15) is 0 Å². The average Bonchev–Trinajstić information content (AvgIpc) is 3.13. The van der Waals surface area contributed by atoms with Gasteiger partial charge in [0.05, 0.1) is 17.1 Å². The number of para-hydroxylation sites is 1. The summed E-state index contributed by atoms with van der Waals surface area (Å²) >= 11 is 0. The van der Waals surface area contributed by atoms with E-state index in [4.69, 9.17) is 0 Å². The Hall–Kier alpha value is -2.50. The second kappa shape index (κ2) is 4.51. The average molecular weight is 284 g/mol. The molecule has 2 aromatic rings. The van der Waals surface area contributed by atoms with E-state index in [0.717, 1.165) is 10.9 Å². The molecule has 2 saturated heterocycles. The highest BCUT2D eigenvalue weighted by atomic mass is 16.2. The third-order valence-electron chi connectivity index (χ3n) is 4.34. The van der Waals surface area contributed by atoms with Crippen LogP contribution >= 0.6 is 0 Å². The van der Waals surface area contributed by atoms with Crippen molar-refractivity contribution in [2.24, 2.45) is 0 Å². The molecule has 1 atom stereocenters. The van der Waals surface area contributed by atoms with Crippen LogP contribution in [-0.2, 0) is 0 Å². The van der Waals surface area contributed by atoms with Crippen LogP contribution in [-0.4, -0.2) is 58.9 Å². The van der Waals surface area contributed by atoms with Gasteiger partial charge >= 0.3 is 6.03 Å². The van der Waals surface area contributed by atoms with Crippen molar-refractivity contribution in [3.05, 3.63) is 36.0 Å². The van der Waals surface area contributed by atoms with Crippen LogP contribution in [0, 0.1) is 0 Å². The monoisotopic (exact) mass is 284 g/mol. The summed E-state index contributed by atoms with van der Waals surface area (Å²) in [4.78, 5) is 31.2. The Kier molecular flexibility index (Phi) is 2.63. The van der Waals surface area contributed by atoms with Gasteiger partial charge in [-0.05, 0) is 12.1 Å². The van der Waals surface area contributed by atoms with Gasteiger partial charge in [0.15, 0.2) is 0 Å². The maximum absolute atomic E-state index is 12.8. The predicted octanol–water partition coefficient (Wildman–Crippen LogP) is 1.02. The summed E-state index contributed by atoms with van der Waals surface area (Å²) in [6.45, 7) is 2.40. The number of nitrogens with one attached hydrogen (secondary N) is 2. The molecule has 0 aliphatic carbocycles. The smallest absolute Gasteiger partial charge is 0.317 e. The fourth-order valence-electron chi connectivity index (χ4n) is 3.22. The fraction of sp³-hybridized carbons (Fsp3) is 0.333. The first-order valence-electron chi connectivity index (χ1n) is 7.14. The molecular formula is C15H16N4O2. The van der Waals surface area contributed by atoms with E-state index in [1.54, 1.807) is 0 Å². The summed E-state index contributed by atoms with van der Waals surface area (Å²) in [6, 6.07) is 7.78. The first-order chi connectivity index (χ1) is 10.2. The number of aromatic amines is 1. The SMILES string of the molecule is O=C(c1cccc2cc[nH]c12)N1CCN2C(=O)NCC2C1. The van der Waals surface area contributed by atoms with Crippen molar-refractivity contribution in [2.45, 2.75) is 6.04 Å². The normalized spacial score (nSPS) is 21.5. The Morgan fingerprint density at radius 1 is 1.24 bits per heavy atom. The maximum Gasteiger partial charge on any atom is 0.317 e. The number of amides is 3. The molecule has 0 radical (unpaired) electrons. The molecule has 2 aliphatic rings. The number of benzene rings is 1. The summed E-state index contributed by atoms with van der Waals surface area (Å²) in [5.41, 5.74) is 1.58. The highest BCUT2D eigenvalue weighted by Crippen LogP contribution is 2.21. The van der Waals surface area contributed by atoms with E-state index in [-0.39, 0.29) is 18.0 Å². The summed E-state index contributed by atoms with van der Waals surface area (Å²) in [5.74, 6) is 0.0297. The summed E-state index contributed by atoms with van der Waals surface area (Å²) in [7, 11) is 0. The number of hydrogen-bond donors (Lipinski definition) is 2. The molecule has 21 heavy (non-hydrogen) atoms. The highest BCUT2D eigenvalue weighted by molar-refractivity contribution is 6.05. The van der Waals surface area contributed by atoms with E-state index in [0.29, 0.717) is 31.7 Å². The number of rotatable bonds is 1. The quantitative estimate of drug-likeness (QED) is 0.821. The van der Waals surface area contributed by atoms with E-state index in [2.05, 4.69) is 10.3 Å². The van der Waals surface area contributed by atoms with Crippen LogP contribution in [0.5, 0.6) is 0 Å². The molecule has 3 heterocycles. The molecule has 1 unspecified atom stereocenters. The van der Waals surface area contributed by atoms with Crippen molar-refractivity contribution in [1.29, 1.82) is 0 Å². The van der Waals surface area contributed by atoms with E-state index < -0.39 is 0 Å². The molecule has 4 rings (SSSR count).